The highest BCUT2D eigenvalue weighted by molar-refractivity contribution is 6.30. The standard InChI is InChI=1S/C13H18ClN3O2/c14-12-3-4-13(17(18)19)11(6-12)9-16-5-1-2-10(7-15)8-16/h3-4,6,10H,1-2,5,7-9,15H2. The molecule has 2 rings (SSSR count). The molecular weight excluding hydrogens is 266 g/mol. The van der Waals surface area contributed by atoms with E-state index in [9.17, 15) is 10.1 Å². The van der Waals surface area contributed by atoms with Crippen molar-refractivity contribution in [2.75, 3.05) is 19.6 Å². The molecule has 0 aromatic heterocycles. The second kappa shape index (κ2) is 6.32. The van der Waals surface area contributed by atoms with Crippen molar-refractivity contribution in [3.05, 3.63) is 38.9 Å². The van der Waals surface area contributed by atoms with E-state index in [0.717, 1.165) is 25.9 Å². The molecule has 0 saturated carbocycles. The van der Waals surface area contributed by atoms with E-state index in [1.165, 1.54) is 6.07 Å². The summed E-state index contributed by atoms with van der Waals surface area (Å²) >= 11 is 5.93. The van der Waals surface area contributed by atoms with Crippen molar-refractivity contribution in [1.29, 1.82) is 0 Å². The van der Waals surface area contributed by atoms with E-state index in [-0.39, 0.29) is 10.6 Å². The van der Waals surface area contributed by atoms with Crippen molar-refractivity contribution < 1.29 is 4.92 Å². The van der Waals surface area contributed by atoms with E-state index in [1.807, 2.05) is 0 Å². The lowest BCUT2D eigenvalue weighted by Gasteiger charge is -2.31. The Labute approximate surface area is 117 Å². The number of piperidine rings is 1. The minimum absolute atomic E-state index is 0.138. The summed E-state index contributed by atoms with van der Waals surface area (Å²) < 4.78 is 0. The third-order valence-corrected chi connectivity index (χ3v) is 3.80. The second-order valence-corrected chi connectivity index (χ2v) is 5.45. The molecule has 1 aliphatic heterocycles. The van der Waals surface area contributed by atoms with Gasteiger partial charge in [-0.3, -0.25) is 15.0 Å². The van der Waals surface area contributed by atoms with E-state index in [2.05, 4.69) is 4.90 Å². The van der Waals surface area contributed by atoms with Crippen molar-refractivity contribution in [3.8, 4) is 0 Å². The molecule has 2 N–H and O–H groups in total. The number of nitro benzene ring substituents is 1. The van der Waals surface area contributed by atoms with Crippen LogP contribution in [0.3, 0.4) is 0 Å². The highest BCUT2D eigenvalue weighted by atomic mass is 35.5. The number of nitrogens with zero attached hydrogens (tertiary/aromatic N) is 2. The molecule has 1 aromatic rings. The van der Waals surface area contributed by atoms with Gasteiger partial charge >= 0.3 is 0 Å². The average molecular weight is 284 g/mol. The highest BCUT2D eigenvalue weighted by Gasteiger charge is 2.22. The largest absolute Gasteiger partial charge is 0.330 e. The Balaban J connectivity index is 2.13. The molecule has 0 amide bonds. The molecule has 1 saturated heterocycles. The van der Waals surface area contributed by atoms with Crippen molar-refractivity contribution in [3.63, 3.8) is 0 Å². The van der Waals surface area contributed by atoms with Gasteiger partial charge in [-0.2, -0.15) is 0 Å². The number of benzene rings is 1. The van der Waals surface area contributed by atoms with E-state index in [4.69, 9.17) is 17.3 Å². The zero-order valence-electron chi connectivity index (χ0n) is 10.7. The van der Waals surface area contributed by atoms with Crippen molar-refractivity contribution in [2.24, 2.45) is 11.7 Å². The van der Waals surface area contributed by atoms with Gasteiger partial charge in [-0.1, -0.05) is 11.6 Å². The quantitative estimate of drug-likeness (QED) is 0.680. The first-order valence-corrected chi connectivity index (χ1v) is 6.83. The summed E-state index contributed by atoms with van der Waals surface area (Å²) in [7, 11) is 0. The SMILES string of the molecule is NCC1CCCN(Cc2cc(Cl)ccc2[N+](=O)[O-])C1. The molecule has 1 fully saturated rings. The minimum atomic E-state index is -0.351. The normalized spacial score (nSPS) is 20.4. The fourth-order valence-electron chi connectivity index (χ4n) is 2.59. The fraction of sp³-hybridized carbons (Fsp3) is 0.538. The van der Waals surface area contributed by atoms with Crippen molar-refractivity contribution >= 4 is 17.3 Å². The van der Waals surface area contributed by atoms with E-state index in [0.29, 0.717) is 29.6 Å². The Morgan fingerprint density at radius 3 is 3.00 bits per heavy atom. The lowest BCUT2D eigenvalue weighted by atomic mass is 9.98. The molecule has 1 aliphatic rings. The predicted octanol–water partition coefficient (Wildman–Crippen LogP) is 2.42. The van der Waals surface area contributed by atoms with Crippen LogP contribution in [0.4, 0.5) is 5.69 Å². The van der Waals surface area contributed by atoms with Crippen LogP contribution in [-0.2, 0) is 6.54 Å². The molecule has 1 atom stereocenters. The maximum absolute atomic E-state index is 11.0. The number of halogens is 1. The molecule has 0 spiro atoms. The number of nitrogens with two attached hydrogens (primary N) is 1. The van der Waals surface area contributed by atoms with Gasteiger partial charge in [0.05, 0.1) is 4.92 Å². The zero-order chi connectivity index (χ0) is 13.8. The molecule has 1 unspecified atom stereocenters. The smallest absolute Gasteiger partial charge is 0.273 e. The number of hydrogen-bond acceptors (Lipinski definition) is 4. The van der Waals surface area contributed by atoms with Crippen LogP contribution in [0.15, 0.2) is 18.2 Å². The van der Waals surface area contributed by atoms with Crippen LogP contribution in [0.1, 0.15) is 18.4 Å². The molecule has 6 heteroatoms. The Morgan fingerprint density at radius 2 is 2.32 bits per heavy atom. The Hall–Kier alpha value is -1.17. The molecule has 104 valence electrons. The minimum Gasteiger partial charge on any atom is -0.330 e. The summed E-state index contributed by atoms with van der Waals surface area (Å²) in [5.41, 5.74) is 6.52. The fourth-order valence-corrected chi connectivity index (χ4v) is 2.78. The Bertz CT molecular complexity index is 467. The van der Waals surface area contributed by atoms with Gasteiger partial charge in [0.1, 0.15) is 0 Å². The van der Waals surface area contributed by atoms with Gasteiger partial charge in [0.25, 0.3) is 5.69 Å². The number of nitro groups is 1. The van der Waals surface area contributed by atoms with Gasteiger partial charge in [-0.15, -0.1) is 0 Å². The predicted molar refractivity (Wildman–Crippen MR) is 75.2 cm³/mol. The summed E-state index contributed by atoms with van der Waals surface area (Å²) in [6.07, 6.45) is 2.24. The van der Waals surface area contributed by atoms with Gasteiger partial charge in [-0.05, 0) is 44.0 Å². The molecule has 5 nitrogen and oxygen atoms in total. The second-order valence-electron chi connectivity index (χ2n) is 5.01. The summed E-state index contributed by atoms with van der Waals surface area (Å²) in [4.78, 5) is 12.9. The molecule has 0 bridgehead atoms. The zero-order valence-corrected chi connectivity index (χ0v) is 11.5. The summed E-state index contributed by atoms with van der Waals surface area (Å²) in [5, 5.41) is 11.6. The third kappa shape index (κ3) is 3.65. The average Bonchev–Trinajstić information content (AvgIpc) is 2.38. The molecule has 1 heterocycles. The Kier molecular flexibility index (Phi) is 4.74. The van der Waals surface area contributed by atoms with Crippen LogP contribution in [0.5, 0.6) is 0 Å². The van der Waals surface area contributed by atoms with E-state index in [1.54, 1.807) is 12.1 Å². The van der Waals surface area contributed by atoms with Crippen LogP contribution < -0.4 is 5.73 Å². The molecule has 0 aliphatic carbocycles. The molecule has 19 heavy (non-hydrogen) atoms. The summed E-state index contributed by atoms with van der Waals surface area (Å²) in [6, 6.07) is 4.72. The van der Waals surface area contributed by atoms with Crippen LogP contribution in [0.2, 0.25) is 5.02 Å². The Morgan fingerprint density at radius 1 is 1.53 bits per heavy atom. The molecule has 1 aromatic carbocycles. The first kappa shape index (κ1) is 14.2. The lowest BCUT2D eigenvalue weighted by Crippen LogP contribution is -2.37. The first-order chi connectivity index (χ1) is 9.10. The first-order valence-electron chi connectivity index (χ1n) is 6.45. The molecular formula is C13H18ClN3O2. The third-order valence-electron chi connectivity index (χ3n) is 3.57. The van der Waals surface area contributed by atoms with Gasteiger partial charge in [-0.25, -0.2) is 0 Å². The van der Waals surface area contributed by atoms with Crippen LogP contribution in [0.25, 0.3) is 0 Å². The van der Waals surface area contributed by atoms with Crippen LogP contribution in [-0.4, -0.2) is 29.5 Å². The number of likely N-dealkylation sites (tertiary alicyclic amines) is 1. The lowest BCUT2D eigenvalue weighted by molar-refractivity contribution is -0.385. The maximum atomic E-state index is 11.0. The molecule has 0 radical (unpaired) electrons. The highest BCUT2D eigenvalue weighted by Crippen LogP contribution is 2.26. The van der Waals surface area contributed by atoms with Gasteiger partial charge < -0.3 is 5.73 Å². The van der Waals surface area contributed by atoms with Crippen LogP contribution in [0, 0.1) is 16.0 Å². The maximum Gasteiger partial charge on any atom is 0.273 e. The summed E-state index contributed by atoms with van der Waals surface area (Å²) in [6.45, 7) is 3.10. The van der Waals surface area contributed by atoms with E-state index >= 15 is 0 Å². The van der Waals surface area contributed by atoms with Crippen molar-refractivity contribution in [2.45, 2.75) is 19.4 Å². The van der Waals surface area contributed by atoms with Gasteiger partial charge in [0.15, 0.2) is 0 Å². The van der Waals surface area contributed by atoms with Gasteiger partial charge in [0.2, 0.25) is 0 Å². The number of hydrogen-bond donors (Lipinski definition) is 1. The van der Waals surface area contributed by atoms with E-state index < -0.39 is 0 Å². The topological polar surface area (TPSA) is 72.4 Å². The monoisotopic (exact) mass is 283 g/mol. The van der Waals surface area contributed by atoms with Crippen LogP contribution >= 0.6 is 11.6 Å². The van der Waals surface area contributed by atoms with Crippen molar-refractivity contribution in [1.82, 2.24) is 4.90 Å². The van der Waals surface area contributed by atoms with Gasteiger partial charge in [0, 0.05) is 29.7 Å². The summed E-state index contributed by atoms with van der Waals surface area (Å²) in [5.74, 6) is 0.493. The number of rotatable bonds is 4.